The Bertz CT molecular complexity index is 286. The molecule has 0 saturated carbocycles. The van der Waals surface area contributed by atoms with Crippen LogP contribution in [-0.2, 0) is 6.42 Å². The lowest BCUT2D eigenvalue weighted by atomic mass is 10.1. The molecule has 0 aromatic heterocycles. The predicted octanol–water partition coefficient (Wildman–Crippen LogP) is 4.58. The summed E-state index contributed by atoms with van der Waals surface area (Å²) in [6.45, 7) is 3.04. The Morgan fingerprint density at radius 2 is 1.94 bits per heavy atom. The number of rotatable bonds is 8. The fourth-order valence-electron chi connectivity index (χ4n) is 1.68. The summed E-state index contributed by atoms with van der Waals surface area (Å²) in [6.07, 6.45) is 5.90. The van der Waals surface area contributed by atoms with Crippen molar-refractivity contribution in [2.45, 2.75) is 39.0 Å². The third-order valence-corrected chi connectivity index (χ3v) is 3.09. The first-order chi connectivity index (χ1) is 7.88. The van der Waals surface area contributed by atoms with E-state index in [0.29, 0.717) is 0 Å². The molecule has 0 unspecified atom stereocenters. The number of aryl methyl sites for hydroxylation is 1. The summed E-state index contributed by atoms with van der Waals surface area (Å²) in [6, 6.07) is 8.38. The van der Waals surface area contributed by atoms with Gasteiger partial charge in [-0.2, -0.15) is 0 Å². The van der Waals surface area contributed by atoms with Crippen molar-refractivity contribution in [3.8, 4) is 5.75 Å². The van der Waals surface area contributed by atoms with E-state index in [1.165, 1.54) is 24.8 Å². The van der Waals surface area contributed by atoms with Gasteiger partial charge >= 0.3 is 0 Å². The molecule has 0 atom stereocenters. The van der Waals surface area contributed by atoms with Crippen LogP contribution in [0.4, 0.5) is 0 Å². The summed E-state index contributed by atoms with van der Waals surface area (Å²) in [5.74, 6) is 1.07. The Hall–Kier alpha value is -0.500. The average Bonchev–Trinajstić information content (AvgIpc) is 2.31. The zero-order valence-electron chi connectivity index (χ0n) is 10.0. The molecule has 1 nitrogen and oxygen atoms in total. The summed E-state index contributed by atoms with van der Waals surface area (Å²) >= 11 is 3.44. The van der Waals surface area contributed by atoms with E-state index in [1.807, 2.05) is 6.07 Å². The smallest absolute Gasteiger partial charge is 0.122 e. The van der Waals surface area contributed by atoms with Crippen molar-refractivity contribution in [3.05, 3.63) is 29.8 Å². The second-order valence-corrected chi connectivity index (χ2v) is 4.75. The number of para-hydroxylation sites is 1. The van der Waals surface area contributed by atoms with Gasteiger partial charge in [-0.3, -0.25) is 0 Å². The van der Waals surface area contributed by atoms with Crippen LogP contribution in [0.5, 0.6) is 5.75 Å². The van der Waals surface area contributed by atoms with Crippen LogP contribution in [0.2, 0.25) is 0 Å². The quantitative estimate of drug-likeness (QED) is 0.501. The summed E-state index contributed by atoms with van der Waals surface area (Å²) in [5.41, 5.74) is 1.34. The lowest BCUT2D eigenvalue weighted by molar-refractivity contribution is 0.303. The van der Waals surface area contributed by atoms with E-state index in [4.69, 9.17) is 4.74 Å². The second kappa shape index (κ2) is 8.63. The van der Waals surface area contributed by atoms with Crippen molar-refractivity contribution in [3.63, 3.8) is 0 Å². The van der Waals surface area contributed by atoms with Gasteiger partial charge in [-0.15, -0.1) is 0 Å². The molecule has 2 heteroatoms. The van der Waals surface area contributed by atoms with Gasteiger partial charge in [0.05, 0.1) is 6.61 Å². The molecule has 0 aliphatic rings. The van der Waals surface area contributed by atoms with Gasteiger partial charge < -0.3 is 4.74 Å². The first-order valence-corrected chi connectivity index (χ1v) is 7.27. The van der Waals surface area contributed by atoms with Gasteiger partial charge in [0.25, 0.3) is 0 Å². The van der Waals surface area contributed by atoms with Crippen LogP contribution in [0.15, 0.2) is 24.3 Å². The van der Waals surface area contributed by atoms with Crippen molar-refractivity contribution >= 4 is 15.9 Å². The maximum absolute atomic E-state index is 5.82. The van der Waals surface area contributed by atoms with Crippen LogP contribution in [0, 0.1) is 0 Å². The van der Waals surface area contributed by atoms with Gasteiger partial charge in [-0.1, -0.05) is 47.5 Å². The van der Waals surface area contributed by atoms with Crippen molar-refractivity contribution in [1.82, 2.24) is 0 Å². The zero-order chi connectivity index (χ0) is 11.6. The molecule has 0 N–H and O–H groups in total. The Morgan fingerprint density at radius 3 is 2.69 bits per heavy atom. The summed E-state index contributed by atoms with van der Waals surface area (Å²) in [7, 11) is 0. The van der Waals surface area contributed by atoms with Crippen molar-refractivity contribution in [2.24, 2.45) is 0 Å². The summed E-state index contributed by atoms with van der Waals surface area (Å²) in [4.78, 5) is 0. The van der Waals surface area contributed by atoms with Gasteiger partial charge in [-0.25, -0.2) is 0 Å². The molecule has 0 bridgehead atoms. The second-order valence-electron chi connectivity index (χ2n) is 3.96. The maximum Gasteiger partial charge on any atom is 0.122 e. The highest BCUT2D eigenvalue weighted by atomic mass is 79.9. The Labute approximate surface area is 107 Å². The maximum atomic E-state index is 5.82. The highest BCUT2D eigenvalue weighted by Crippen LogP contribution is 2.19. The molecule has 0 amide bonds. The molecular weight excluding hydrogens is 264 g/mol. The largest absolute Gasteiger partial charge is 0.493 e. The molecule has 0 aliphatic heterocycles. The first-order valence-electron chi connectivity index (χ1n) is 6.15. The Balaban J connectivity index is 2.34. The molecular formula is C14H21BrO. The van der Waals surface area contributed by atoms with Crippen LogP contribution < -0.4 is 4.74 Å². The highest BCUT2D eigenvalue weighted by Gasteiger charge is 2.01. The molecule has 1 aromatic carbocycles. The number of hydrogen-bond donors (Lipinski definition) is 0. The number of halogens is 1. The molecule has 1 aromatic rings. The topological polar surface area (TPSA) is 9.23 Å². The zero-order valence-corrected chi connectivity index (χ0v) is 11.6. The number of unbranched alkanes of at least 4 members (excludes halogenated alkanes) is 2. The van der Waals surface area contributed by atoms with Crippen LogP contribution in [-0.4, -0.2) is 11.9 Å². The van der Waals surface area contributed by atoms with E-state index in [9.17, 15) is 0 Å². The minimum Gasteiger partial charge on any atom is -0.493 e. The number of alkyl halides is 1. The standard InChI is InChI=1S/C14H21BrO/c1-2-8-13-9-4-5-10-14(13)16-12-7-3-6-11-15/h4-5,9-10H,2-3,6-8,11-12H2,1H3. The molecule has 0 fully saturated rings. The molecule has 1 rings (SSSR count). The fraction of sp³-hybridized carbons (Fsp3) is 0.571. The first kappa shape index (κ1) is 13.6. The molecule has 0 aliphatic carbocycles. The van der Waals surface area contributed by atoms with E-state index in [-0.39, 0.29) is 0 Å². The van der Waals surface area contributed by atoms with Gasteiger partial charge in [0, 0.05) is 5.33 Å². The molecule has 0 spiro atoms. The van der Waals surface area contributed by atoms with Crippen molar-refractivity contribution in [1.29, 1.82) is 0 Å². The van der Waals surface area contributed by atoms with Crippen LogP contribution in [0.25, 0.3) is 0 Å². The molecule has 16 heavy (non-hydrogen) atoms. The average molecular weight is 285 g/mol. The van der Waals surface area contributed by atoms with Crippen LogP contribution in [0.1, 0.15) is 38.2 Å². The normalized spacial score (nSPS) is 10.4. The van der Waals surface area contributed by atoms with E-state index >= 15 is 0 Å². The lowest BCUT2D eigenvalue weighted by Gasteiger charge is -2.10. The van der Waals surface area contributed by atoms with E-state index < -0.39 is 0 Å². The van der Waals surface area contributed by atoms with E-state index in [2.05, 4.69) is 41.1 Å². The molecule has 0 saturated heterocycles. The minimum atomic E-state index is 0.841. The van der Waals surface area contributed by atoms with Gasteiger partial charge in [0.2, 0.25) is 0 Å². The predicted molar refractivity (Wildman–Crippen MR) is 73.6 cm³/mol. The van der Waals surface area contributed by atoms with Gasteiger partial charge in [0.15, 0.2) is 0 Å². The SMILES string of the molecule is CCCc1ccccc1OCCCCCBr. The highest BCUT2D eigenvalue weighted by molar-refractivity contribution is 9.09. The third kappa shape index (κ3) is 5.02. The lowest BCUT2D eigenvalue weighted by Crippen LogP contribution is -2.00. The molecule has 90 valence electrons. The monoisotopic (exact) mass is 284 g/mol. The van der Waals surface area contributed by atoms with Crippen molar-refractivity contribution in [2.75, 3.05) is 11.9 Å². The van der Waals surface area contributed by atoms with Crippen LogP contribution >= 0.6 is 15.9 Å². The Morgan fingerprint density at radius 1 is 1.12 bits per heavy atom. The number of benzene rings is 1. The summed E-state index contributed by atoms with van der Waals surface area (Å²) < 4.78 is 5.82. The minimum absolute atomic E-state index is 0.841. The summed E-state index contributed by atoms with van der Waals surface area (Å²) in [5, 5.41) is 1.10. The molecule has 0 heterocycles. The van der Waals surface area contributed by atoms with Gasteiger partial charge in [0.1, 0.15) is 5.75 Å². The van der Waals surface area contributed by atoms with E-state index in [0.717, 1.165) is 30.5 Å². The molecule has 0 radical (unpaired) electrons. The van der Waals surface area contributed by atoms with E-state index in [1.54, 1.807) is 0 Å². The Kier molecular flexibility index (Phi) is 7.32. The number of hydrogen-bond acceptors (Lipinski definition) is 1. The van der Waals surface area contributed by atoms with Gasteiger partial charge in [-0.05, 0) is 37.3 Å². The van der Waals surface area contributed by atoms with Crippen molar-refractivity contribution < 1.29 is 4.74 Å². The fourth-order valence-corrected chi connectivity index (χ4v) is 2.07. The third-order valence-electron chi connectivity index (χ3n) is 2.53. The number of ether oxygens (including phenoxy) is 1. The van der Waals surface area contributed by atoms with Crippen LogP contribution in [0.3, 0.4) is 0 Å².